The summed E-state index contributed by atoms with van der Waals surface area (Å²) in [5.74, 6) is -1.27. The summed E-state index contributed by atoms with van der Waals surface area (Å²) in [5, 5.41) is 8.09. The first kappa shape index (κ1) is 14.1. The van der Waals surface area contributed by atoms with Crippen LogP contribution in [0.15, 0.2) is 29.2 Å². The highest BCUT2D eigenvalue weighted by molar-refractivity contribution is 8.18. The number of carbonyl (C=O) groups excluding carboxylic acids is 2. The van der Waals surface area contributed by atoms with E-state index in [1.807, 2.05) is 0 Å². The van der Waals surface area contributed by atoms with Gasteiger partial charge in [0, 0.05) is 5.56 Å². The summed E-state index contributed by atoms with van der Waals surface area (Å²) < 4.78 is 5.15. The lowest BCUT2D eigenvalue weighted by Gasteiger charge is -2.08. The number of carboxylic acid groups (broad SMARTS) is 1. The van der Waals surface area contributed by atoms with Crippen LogP contribution in [0.1, 0.15) is 5.56 Å². The molecule has 104 valence electrons. The van der Waals surface area contributed by atoms with Gasteiger partial charge in [-0.25, -0.2) is 0 Å². The SMILES string of the molecule is COc1ccccc1C=C1SC(=O)N(CC(=O)O)C1=O. The molecule has 1 heterocycles. The fourth-order valence-electron chi connectivity index (χ4n) is 1.70. The van der Waals surface area contributed by atoms with E-state index in [0.29, 0.717) is 16.2 Å². The van der Waals surface area contributed by atoms with Gasteiger partial charge in [0.2, 0.25) is 0 Å². The average Bonchev–Trinajstić information content (AvgIpc) is 2.67. The van der Waals surface area contributed by atoms with E-state index in [4.69, 9.17) is 9.84 Å². The van der Waals surface area contributed by atoms with Gasteiger partial charge in [-0.3, -0.25) is 19.3 Å². The molecule has 1 fully saturated rings. The summed E-state index contributed by atoms with van der Waals surface area (Å²) in [6.07, 6.45) is 1.52. The van der Waals surface area contributed by atoms with E-state index < -0.39 is 23.7 Å². The highest BCUT2D eigenvalue weighted by atomic mass is 32.2. The van der Waals surface area contributed by atoms with E-state index in [2.05, 4.69) is 0 Å². The largest absolute Gasteiger partial charge is 0.496 e. The van der Waals surface area contributed by atoms with Crippen molar-refractivity contribution in [2.75, 3.05) is 13.7 Å². The van der Waals surface area contributed by atoms with Gasteiger partial charge < -0.3 is 9.84 Å². The monoisotopic (exact) mass is 293 g/mol. The number of rotatable bonds is 4. The molecule has 0 radical (unpaired) electrons. The van der Waals surface area contributed by atoms with Gasteiger partial charge in [0.25, 0.3) is 11.1 Å². The van der Waals surface area contributed by atoms with Crippen LogP contribution >= 0.6 is 11.8 Å². The van der Waals surface area contributed by atoms with Crippen LogP contribution in [0.2, 0.25) is 0 Å². The maximum atomic E-state index is 12.0. The third kappa shape index (κ3) is 2.83. The molecule has 2 amide bonds. The van der Waals surface area contributed by atoms with Gasteiger partial charge >= 0.3 is 5.97 Å². The van der Waals surface area contributed by atoms with E-state index >= 15 is 0 Å². The Morgan fingerprint density at radius 1 is 1.40 bits per heavy atom. The van der Waals surface area contributed by atoms with Crippen LogP contribution in [0.4, 0.5) is 4.79 Å². The average molecular weight is 293 g/mol. The molecule has 1 aromatic rings. The van der Waals surface area contributed by atoms with Crippen molar-refractivity contribution in [1.29, 1.82) is 0 Å². The van der Waals surface area contributed by atoms with Gasteiger partial charge in [-0.1, -0.05) is 18.2 Å². The first-order valence-corrected chi connectivity index (χ1v) is 6.44. The van der Waals surface area contributed by atoms with Gasteiger partial charge in [0.05, 0.1) is 12.0 Å². The maximum Gasteiger partial charge on any atom is 0.323 e. The van der Waals surface area contributed by atoms with E-state index in [-0.39, 0.29) is 4.91 Å². The molecule has 20 heavy (non-hydrogen) atoms. The smallest absolute Gasteiger partial charge is 0.323 e. The number of amides is 2. The molecular weight excluding hydrogens is 282 g/mol. The number of ether oxygens (including phenoxy) is 1. The van der Waals surface area contributed by atoms with Crippen LogP contribution in [0.25, 0.3) is 6.08 Å². The van der Waals surface area contributed by atoms with Crippen LogP contribution in [0.5, 0.6) is 5.75 Å². The molecule has 2 rings (SSSR count). The minimum atomic E-state index is -1.23. The highest BCUT2D eigenvalue weighted by Crippen LogP contribution is 2.33. The summed E-state index contributed by atoms with van der Waals surface area (Å²) in [7, 11) is 1.50. The number of imide groups is 1. The minimum Gasteiger partial charge on any atom is -0.496 e. The highest BCUT2D eigenvalue weighted by Gasteiger charge is 2.36. The van der Waals surface area contributed by atoms with Gasteiger partial charge in [-0.2, -0.15) is 0 Å². The molecule has 0 spiro atoms. The summed E-state index contributed by atoms with van der Waals surface area (Å²) in [5.41, 5.74) is 0.649. The van der Waals surface area contributed by atoms with Crippen LogP contribution in [-0.4, -0.2) is 40.8 Å². The van der Waals surface area contributed by atoms with E-state index in [0.717, 1.165) is 11.8 Å². The Labute approximate surface area is 119 Å². The maximum absolute atomic E-state index is 12.0. The summed E-state index contributed by atoms with van der Waals surface area (Å²) >= 11 is 0.717. The predicted octanol–water partition coefficient (Wildman–Crippen LogP) is 1.82. The van der Waals surface area contributed by atoms with Crippen molar-refractivity contribution in [2.45, 2.75) is 0 Å². The Balaban J connectivity index is 2.30. The van der Waals surface area contributed by atoms with Crippen molar-refractivity contribution < 1.29 is 24.2 Å². The first-order chi connectivity index (χ1) is 9.52. The Morgan fingerprint density at radius 3 is 2.75 bits per heavy atom. The third-order valence-electron chi connectivity index (χ3n) is 2.59. The molecule has 0 unspecified atom stereocenters. The van der Waals surface area contributed by atoms with Gasteiger partial charge in [-0.15, -0.1) is 0 Å². The first-order valence-electron chi connectivity index (χ1n) is 5.63. The van der Waals surface area contributed by atoms with E-state index in [9.17, 15) is 14.4 Å². The lowest BCUT2D eigenvalue weighted by Crippen LogP contribution is -2.33. The van der Waals surface area contributed by atoms with Crippen LogP contribution in [0.3, 0.4) is 0 Å². The van der Waals surface area contributed by atoms with Crippen LogP contribution < -0.4 is 4.74 Å². The zero-order valence-electron chi connectivity index (χ0n) is 10.5. The van der Waals surface area contributed by atoms with Crippen LogP contribution in [0, 0.1) is 0 Å². The topological polar surface area (TPSA) is 83.9 Å². The number of carboxylic acids is 1. The Bertz CT molecular complexity index is 611. The number of hydrogen-bond acceptors (Lipinski definition) is 5. The normalized spacial score (nSPS) is 16.9. The molecule has 7 heteroatoms. The van der Waals surface area contributed by atoms with Gasteiger partial charge in [-0.05, 0) is 23.9 Å². The molecule has 0 atom stereocenters. The van der Waals surface area contributed by atoms with Crippen molar-refractivity contribution >= 4 is 35.0 Å². The molecule has 0 aliphatic carbocycles. The van der Waals surface area contributed by atoms with Crippen LogP contribution in [-0.2, 0) is 9.59 Å². The van der Waals surface area contributed by atoms with Crippen molar-refractivity contribution in [2.24, 2.45) is 0 Å². The molecule has 1 aromatic carbocycles. The van der Waals surface area contributed by atoms with Gasteiger partial charge in [0.1, 0.15) is 12.3 Å². The van der Waals surface area contributed by atoms with E-state index in [1.165, 1.54) is 13.2 Å². The lowest BCUT2D eigenvalue weighted by atomic mass is 10.2. The molecule has 1 saturated heterocycles. The third-order valence-corrected chi connectivity index (χ3v) is 3.50. The number of benzene rings is 1. The zero-order chi connectivity index (χ0) is 14.7. The van der Waals surface area contributed by atoms with Gasteiger partial charge in [0.15, 0.2) is 0 Å². The molecule has 1 N–H and O–H groups in total. The molecule has 1 aliphatic rings. The number of carbonyl (C=O) groups is 3. The fraction of sp³-hybridized carbons (Fsp3) is 0.154. The Morgan fingerprint density at radius 2 is 2.10 bits per heavy atom. The summed E-state index contributed by atoms with van der Waals surface area (Å²) in [6.45, 7) is -0.631. The number of thioether (sulfide) groups is 1. The molecule has 0 saturated carbocycles. The van der Waals surface area contributed by atoms with Crippen molar-refractivity contribution in [3.8, 4) is 5.75 Å². The second kappa shape index (κ2) is 5.79. The molecule has 0 bridgehead atoms. The Hall–Kier alpha value is -2.28. The summed E-state index contributed by atoms with van der Waals surface area (Å²) in [6, 6.07) is 7.03. The second-order valence-corrected chi connectivity index (χ2v) is 4.90. The number of para-hydroxylation sites is 1. The zero-order valence-corrected chi connectivity index (χ0v) is 11.3. The quantitative estimate of drug-likeness (QED) is 0.852. The van der Waals surface area contributed by atoms with Crippen molar-refractivity contribution in [1.82, 2.24) is 4.90 Å². The van der Waals surface area contributed by atoms with Crippen molar-refractivity contribution in [3.63, 3.8) is 0 Å². The molecule has 1 aliphatic heterocycles. The van der Waals surface area contributed by atoms with Crippen molar-refractivity contribution in [3.05, 3.63) is 34.7 Å². The fourth-order valence-corrected chi connectivity index (χ4v) is 2.53. The number of aliphatic carboxylic acids is 1. The number of nitrogens with zero attached hydrogens (tertiary/aromatic N) is 1. The number of methoxy groups -OCH3 is 1. The lowest BCUT2D eigenvalue weighted by molar-refractivity contribution is -0.140. The van der Waals surface area contributed by atoms with E-state index in [1.54, 1.807) is 24.3 Å². The molecular formula is C13H11NO5S. The molecule has 6 nitrogen and oxygen atoms in total. The molecule has 0 aromatic heterocycles. The summed E-state index contributed by atoms with van der Waals surface area (Å²) in [4.78, 5) is 35.1. The second-order valence-electron chi connectivity index (χ2n) is 3.90. The predicted molar refractivity (Wildman–Crippen MR) is 73.3 cm³/mol. The Kier molecular flexibility index (Phi) is 4.09. The minimum absolute atomic E-state index is 0.181. The number of hydrogen-bond donors (Lipinski definition) is 1. The standard InChI is InChI=1S/C13H11NO5S/c1-19-9-5-3-2-4-8(9)6-10-12(17)14(7-11(15)16)13(18)20-10/h2-6H,7H2,1H3,(H,15,16).